The summed E-state index contributed by atoms with van der Waals surface area (Å²) in [6.45, 7) is 2.21. The van der Waals surface area contributed by atoms with Crippen molar-refractivity contribution in [3.8, 4) is 0 Å². The van der Waals surface area contributed by atoms with Gasteiger partial charge in [-0.05, 0) is 42.9 Å². The number of carbonyl (C=O) groups excluding carboxylic acids is 1. The highest BCUT2D eigenvalue weighted by atomic mass is 35.5. The van der Waals surface area contributed by atoms with Crippen LogP contribution in [0.5, 0.6) is 0 Å². The van der Waals surface area contributed by atoms with Crippen LogP contribution in [0.1, 0.15) is 12.8 Å². The lowest BCUT2D eigenvalue weighted by Crippen LogP contribution is -2.37. The molecule has 1 fully saturated rings. The van der Waals surface area contributed by atoms with E-state index in [9.17, 15) is 4.79 Å². The largest absolute Gasteiger partial charge is 0.361 e. The predicted octanol–water partition coefficient (Wildman–Crippen LogP) is 2.25. The minimum absolute atomic E-state index is 0.235. The molecule has 2 N–H and O–H groups in total. The number of benzene rings is 1. The lowest BCUT2D eigenvalue weighted by molar-refractivity contribution is -0.127. The van der Waals surface area contributed by atoms with Crippen LogP contribution in [0.25, 0.3) is 0 Å². The Morgan fingerprint density at radius 3 is 2.74 bits per heavy atom. The van der Waals surface area contributed by atoms with Crippen molar-refractivity contribution in [2.75, 3.05) is 25.0 Å². The van der Waals surface area contributed by atoms with Gasteiger partial charge in [0.05, 0.1) is 0 Å². The van der Waals surface area contributed by atoms with Crippen LogP contribution in [0.4, 0.5) is 5.69 Å². The molecule has 0 aliphatic carbocycles. The summed E-state index contributed by atoms with van der Waals surface area (Å²) in [6.07, 6.45) is 1.64. The van der Waals surface area contributed by atoms with Crippen molar-refractivity contribution in [3.63, 3.8) is 0 Å². The second kappa shape index (κ2) is 6.73. The first-order valence-corrected chi connectivity index (χ1v) is 7.02. The van der Waals surface area contributed by atoms with E-state index in [-0.39, 0.29) is 5.91 Å². The Balaban J connectivity index is 1.69. The van der Waals surface area contributed by atoms with Crippen LogP contribution < -0.4 is 10.6 Å². The predicted molar refractivity (Wildman–Crippen MR) is 81.5 cm³/mol. The normalized spacial score (nSPS) is 14.6. The SMILES string of the molecule is O=C1CCCN1CCNC(=S)Nc1ccc(Cl)cc1. The van der Waals surface area contributed by atoms with Gasteiger partial charge in [-0.1, -0.05) is 11.6 Å². The molecule has 0 saturated carbocycles. The Hall–Kier alpha value is -1.33. The van der Waals surface area contributed by atoms with Crippen LogP contribution in [0.2, 0.25) is 5.02 Å². The zero-order chi connectivity index (χ0) is 13.7. The molecule has 1 saturated heterocycles. The van der Waals surface area contributed by atoms with E-state index < -0.39 is 0 Å². The minimum atomic E-state index is 0.235. The first-order valence-electron chi connectivity index (χ1n) is 6.23. The summed E-state index contributed by atoms with van der Waals surface area (Å²) in [5.74, 6) is 0.235. The average molecular weight is 298 g/mol. The van der Waals surface area contributed by atoms with E-state index >= 15 is 0 Å². The number of carbonyl (C=O) groups is 1. The summed E-state index contributed by atoms with van der Waals surface area (Å²) in [4.78, 5) is 13.3. The monoisotopic (exact) mass is 297 g/mol. The van der Waals surface area contributed by atoms with Gasteiger partial charge >= 0.3 is 0 Å². The highest BCUT2D eigenvalue weighted by Gasteiger charge is 2.18. The second-order valence-corrected chi connectivity index (χ2v) is 5.22. The zero-order valence-corrected chi connectivity index (χ0v) is 12.1. The molecule has 0 unspecified atom stereocenters. The van der Waals surface area contributed by atoms with Gasteiger partial charge in [0.25, 0.3) is 0 Å². The van der Waals surface area contributed by atoms with Crippen molar-refractivity contribution in [1.82, 2.24) is 10.2 Å². The first kappa shape index (κ1) is 14.1. The van der Waals surface area contributed by atoms with Gasteiger partial charge in [-0.15, -0.1) is 0 Å². The lowest BCUT2D eigenvalue weighted by Gasteiger charge is -2.17. The van der Waals surface area contributed by atoms with E-state index in [0.29, 0.717) is 29.6 Å². The van der Waals surface area contributed by atoms with E-state index in [2.05, 4.69) is 10.6 Å². The average Bonchev–Trinajstić information content (AvgIpc) is 2.78. The summed E-state index contributed by atoms with van der Waals surface area (Å²) in [5, 5.41) is 7.39. The van der Waals surface area contributed by atoms with Gasteiger partial charge in [-0.2, -0.15) is 0 Å². The molecular weight excluding hydrogens is 282 g/mol. The van der Waals surface area contributed by atoms with Crippen molar-refractivity contribution in [1.29, 1.82) is 0 Å². The Morgan fingerprint density at radius 2 is 2.11 bits per heavy atom. The topological polar surface area (TPSA) is 44.4 Å². The molecule has 1 aliphatic rings. The molecule has 1 aliphatic heterocycles. The van der Waals surface area contributed by atoms with Crippen LogP contribution in [0, 0.1) is 0 Å². The molecule has 4 nitrogen and oxygen atoms in total. The van der Waals surface area contributed by atoms with Gasteiger partial charge < -0.3 is 15.5 Å². The summed E-state index contributed by atoms with van der Waals surface area (Å²) in [7, 11) is 0. The highest BCUT2D eigenvalue weighted by molar-refractivity contribution is 7.80. The van der Waals surface area contributed by atoms with Crippen LogP contribution in [-0.4, -0.2) is 35.6 Å². The standard InChI is InChI=1S/C13H16ClN3OS/c14-10-3-5-11(6-4-10)16-13(19)15-7-9-17-8-1-2-12(17)18/h3-6H,1-2,7-9H2,(H2,15,16,19). The molecule has 1 aromatic rings. The van der Waals surface area contributed by atoms with Gasteiger partial charge in [0.1, 0.15) is 0 Å². The van der Waals surface area contributed by atoms with E-state index in [1.54, 1.807) is 12.1 Å². The first-order chi connectivity index (χ1) is 9.15. The van der Waals surface area contributed by atoms with Crippen molar-refractivity contribution < 1.29 is 4.79 Å². The minimum Gasteiger partial charge on any atom is -0.361 e. The number of likely N-dealkylation sites (tertiary alicyclic amines) is 1. The van der Waals surface area contributed by atoms with Gasteiger partial charge in [0, 0.05) is 36.8 Å². The Labute approximate surface area is 123 Å². The highest BCUT2D eigenvalue weighted by Crippen LogP contribution is 2.13. The van der Waals surface area contributed by atoms with Gasteiger partial charge in [-0.3, -0.25) is 4.79 Å². The Morgan fingerprint density at radius 1 is 1.37 bits per heavy atom. The third-order valence-corrected chi connectivity index (χ3v) is 3.44. The number of rotatable bonds is 4. The fourth-order valence-corrected chi connectivity index (χ4v) is 2.30. The van der Waals surface area contributed by atoms with Gasteiger partial charge in [0.2, 0.25) is 5.91 Å². The molecule has 19 heavy (non-hydrogen) atoms. The fourth-order valence-electron chi connectivity index (χ4n) is 1.95. The molecule has 1 amide bonds. The quantitative estimate of drug-likeness (QED) is 0.837. The van der Waals surface area contributed by atoms with Crippen LogP contribution in [-0.2, 0) is 4.79 Å². The molecule has 102 valence electrons. The fraction of sp³-hybridized carbons (Fsp3) is 0.385. The molecule has 1 heterocycles. The number of anilines is 1. The number of amides is 1. The summed E-state index contributed by atoms with van der Waals surface area (Å²) in [6, 6.07) is 7.32. The molecule has 0 radical (unpaired) electrons. The van der Waals surface area contributed by atoms with E-state index in [4.69, 9.17) is 23.8 Å². The van der Waals surface area contributed by atoms with E-state index in [1.165, 1.54) is 0 Å². The molecule has 0 spiro atoms. The Bertz CT molecular complexity index is 463. The maximum atomic E-state index is 11.4. The van der Waals surface area contributed by atoms with Crippen molar-refractivity contribution in [2.45, 2.75) is 12.8 Å². The molecule has 1 aromatic carbocycles. The third kappa shape index (κ3) is 4.36. The van der Waals surface area contributed by atoms with Crippen LogP contribution in [0.15, 0.2) is 24.3 Å². The third-order valence-electron chi connectivity index (χ3n) is 2.94. The smallest absolute Gasteiger partial charge is 0.222 e. The number of nitrogens with one attached hydrogen (secondary N) is 2. The van der Waals surface area contributed by atoms with Gasteiger partial charge in [-0.25, -0.2) is 0 Å². The van der Waals surface area contributed by atoms with Crippen molar-refractivity contribution >= 4 is 40.5 Å². The van der Waals surface area contributed by atoms with E-state index in [1.807, 2.05) is 17.0 Å². The zero-order valence-electron chi connectivity index (χ0n) is 10.5. The summed E-state index contributed by atoms with van der Waals surface area (Å²) < 4.78 is 0. The number of halogens is 1. The number of nitrogens with zero attached hydrogens (tertiary/aromatic N) is 1. The maximum absolute atomic E-state index is 11.4. The van der Waals surface area contributed by atoms with Crippen molar-refractivity contribution in [3.05, 3.63) is 29.3 Å². The summed E-state index contributed by atoms with van der Waals surface area (Å²) >= 11 is 11.0. The molecular formula is C13H16ClN3OS. The maximum Gasteiger partial charge on any atom is 0.222 e. The molecule has 0 aromatic heterocycles. The van der Waals surface area contributed by atoms with E-state index in [0.717, 1.165) is 18.7 Å². The number of hydrogen-bond donors (Lipinski definition) is 2. The van der Waals surface area contributed by atoms with Crippen molar-refractivity contribution in [2.24, 2.45) is 0 Å². The molecule has 6 heteroatoms. The lowest BCUT2D eigenvalue weighted by atomic mass is 10.3. The van der Waals surface area contributed by atoms with Crippen LogP contribution in [0.3, 0.4) is 0 Å². The number of thiocarbonyl (C=S) groups is 1. The Kier molecular flexibility index (Phi) is 4.99. The van der Waals surface area contributed by atoms with Gasteiger partial charge in [0.15, 0.2) is 5.11 Å². The molecule has 0 bridgehead atoms. The number of hydrogen-bond acceptors (Lipinski definition) is 2. The molecule has 0 atom stereocenters. The van der Waals surface area contributed by atoms with Crippen LogP contribution >= 0.6 is 23.8 Å². The summed E-state index contributed by atoms with van der Waals surface area (Å²) in [5.41, 5.74) is 0.888. The molecule has 2 rings (SSSR count). The second-order valence-electron chi connectivity index (χ2n) is 4.37.